The Morgan fingerprint density at radius 1 is 1.40 bits per heavy atom. The van der Waals surface area contributed by atoms with Crippen LogP contribution in [-0.4, -0.2) is 55.1 Å². The molecule has 0 saturated carbocycles. The number of hydrogen-bond donors (Lipinski definition) is 1. The maximum Gasteiger partial charge on any atom is 0.236 e. The molecule has 0 aliphatic carbocycles. The number of likely N-dealkylation sites (N-methyl/N-ethyl adjacent to an activating group) is 2. The zero-order chi connectivity index (χ0) is 15.3. The quantitative estimate of drug-likeness (QED) is 0.864. The van der Waals surface area contributed by atoms with Crippen molar-refractivity contribution in [3.05, 3.63) is 23.8 Å². The maximum atomic E-state index is 11.8. The van der Waals surface area contributed by atoms with Gasteiger partial charge in [0.1, 0.15) is 11.5 Å². The fraction of sp³-hybridized carbons (Fsp3) is 0.533. The Bertz CT molecular complexity index is 460. The lowest BCUT2D eigenvalue weighted by molar-refractivity contribution is -0.130. The first-order valence-corrected chi connectivity index (χ1v) is 6.71. The highest BCUT2D eigenvalue weighted by Gasteiger charge is 2.20. The van der Waals surface area contributed by atoms with Crippen molar-refractivity contribution in [2.24, 2.45) is 0 Å². The number of amides is 1. The van der Waals surface area contributed by atoms with Gasteiger partial charge >= 0.3 is 0 Å². The van der Waals surface area contributed by atoms with E-state index in [2.05, 4.69) is 0 Å². The Kier molecular flexibility index (Phi) is 5.82. The molecule has 0 aliphatic heterocycles. The number of hydrogen-bond acceptors (Lipinski definition) is 4. The number of benzene rings is 1. The molecule has 1 aromatic rings. The van der Waals surface area contributed by atoms with E-state index >= 15 is 0 Å². The van der Waals surface area contributed by atoms with Crippen LogP contribution in [0.15, 0.2) is 18.2 Å². The third-order valence-corrected chi connectivity index (χ3v) is 3.48. The number of ether oxygens (including phenoxy) is 1. The number of carbonyl (C=O) groups excluding carboxylic acids is 1. The first kappa shape index (κ1) is 16.3. The molecule has 1 atom stereocenters. The standard InChI is InChI=1S/C15H24N2O3/c1-6-17(10-15(19)16(3)4)11(2)13-8-7-12(20-5)9-14(13)18/h7-9,11,18H,6,10H2,1-5H3. The number of carbonyl (C=O) groups is 1. The van der Waals surface area contributed by atoms with Crippen molar-refractivity contribution in [2.75, 3.05) is 34.3 Å². The molecule has 0 aliphatic rings. The van der Waals surface area contributed by atoms with E-state index in [1.54, 1.807) is 32.2 Å². The minimum atomic E-state index is -0.0465. The smallest absolute Gasteiger partial charge is 0.236 e. The second-order valence-electron chi connectivity index (χ2n) is 4.95. The first-order chi connectivity index (χ1) is 9.40. The summed E-state index contributed by atoms with van der Waals surface area (Å²) in [6.07, 6.45) is 0. The molecule has 1 unspecified atom stereocenters. The number of aromatic hydroxyl groups is 1. The number of phenolic OH excluding ortho intramolecular Hbond substituents is 1. The van der Waals surface area contributed by atoms with Crippen LogP contribution in [0.5, 0.6) is 11.5 Å². The van der Waals surface area contributed by atoms with Gasteiger partial charge in [-0.15, -0.1) is 0 Å². The number of rotatable bonds is 6. The van der Waals surface area contributed by atoms with E-state index < -0.39 is 0 Å². The molecular formula is C15H24N2O3. The van der Waals surface area contributed by atoms with Crippen LogP contribution in [0.3, 0.4) is 0 Å². The monoisotopic (exact) mass is 280 g/mol. The van der Waals surface area contributed by atoms with Crippen LogP contribution in [0.1, 0.15) is 25.5 Å². The van der Waals surface area contributed by atoms with Crippen molar-refractivity contribution in [2.45, 2.75) is 19.9 Å². The third kappa shape index (κ3) is 3.87. The van der Waals surface area contributed by atoms with E-state index in [9.17, 15) is 9.90 Å². The van der Waals surface area contributed by atoms with Crippen LogP contribution in [0, 0.1) is 0 Å². The molecule has 0 spiro atoms. The Labute approximate surface area is 120 Å². The molecule has 20 heavy (non-hydrogen) atoms. The van der Waals surface area contributed by atoms with Gasteiger partial charge in [0.25, 0.3) is 0 Å². The maximum absolute atomic E-state index is 11.8. The summed E-state index contributed by atoms with van der Waals surface area (Å²) in [5, 5.41) is 10.1. The fourth-order valence-electron chi connectivity index (χ4n) is 2.04. The van der Waals surface area contributed by atoms with Crippen LogP contribution >= 0.6 is 0 Å². The van der Waals surface area contributed by atoms with Crippen molar-refractivity contribution in [3.8, 4) is 11.5 Å². The van der Waals surface area contributed by atoms with Gasteiger partial charge in [0.2, 0.25) is 5.91 Å². The van der Waals surface area contributed by atoms with E-state index in [1.165, 1.54) is 0 Å². The molecule has 0 aromatic heterocycles. The van der Waals surface area contributed by atoms with Crippen molar-refractivity contribution in [1.29, 1.82) is 0 Å². The molecule has 1 N–H and O–H groups in total. The minimum absolute atomic E-state index is 0.0465. The molecule has 1 aromatic carbocycles. The molecule has 0 heterocycles. The Hall–Kier alpha value is -1.75. The van der Waals surface area contributed by atoms with Crippen LogP contribution in [0.2, 0.25) is 0 Å². The highest BCUT2D eigenvalue weighted by molar-refractivity contribution is 5.77. The zero-order valence-corrected chi connectivity index (χ0v) is 12.9. The molecule has 0 bridgehead atoms. The first-order valence-electron chi connectivity index (χ1n) is 6.71. The lowest BCUT2D eigenvalue weighted by atomic mass is 10.1. The van der Waals surface area contributed by atoms with Crippen molar-refractivity contribution < 1.29 is 14.6 Å². The molecule has 5 nitrogen and oxygen atoms in total. The van der Waals surface area contributed by atoms with Gasteiger partial charge in [-0.1, -0.05) is 13.0 Å². The summed E-state index contributed by atoms with van der Waals surface area (Å²) in [6.45, 7) is 5.04. The van der Waals surface area contributed by atoms with Crippen LogP contribution < -0.4 is 4.74 Å². The van der Waals surface area contributed by atoms with Gasteiger partial charge in [-0.3, -0.25) is 9.69 Å². The van der Waals surface area contributed by atoms with E-state index in [1.807, 2.05) is 30.9 Å². The van der Waals surface area contributed by atoms with Crippen LogP contribution in [0.4, 0.5) is 0 Å². The highest BCUT2D eigenvalue weighted by Crippen LogP contribution is 2.31. The lowest BCUT2D eigenvalue weighted by Crippen LogP contribution is -2.38. The Morgan fingerprint density at radius 3 is 2.50 bits per heavy atom. The van der Waals surface area contributed by atoms with E-state index in [-0.39, 0.29) is 17.7 Å². The molecule has 5 heteroatoms. The molecule has 0 saturated heterocycles. The highest BCUT2D eigenvalue weighted by atomic mass is 16.5. The summed E-state index contributed by atoms with van der Waals surface area (Å²) in [4.78, 5) is 15.4. The molecule has 112 valence electrons. The van der Waals surface area contributed by atoms with E-state index in [0.29, 0.717) is 12.3 Å². The van der Waals surface area contributed by atoms with E-state index in [4.69, 9.17) is 4.74 Å². The van der Waals surface area contributed by atoms with E-state index in [0.717, 1.165) is 12.1 Å². The number of methoxy groups -OCH3 is 1. The zero-order valence-electron chi connectivity index (χ0n) is 12.9. The van der Waals surface area contributed by atoms with Gasteiger partial charge in [0, 0.05) is 31.8 Å². The topological polar surface area (TPSA) is 53.0 Å². The summed E-state index contributed by atoms with van der Waals surface area (Å²) < 4.78 is 5.08. The van der Waals surface area contributed by atoms with Crippen molar-refractivity contribution in [1.82, 2.24) is 9.80 Å². The fourth-order valence-corrected chi connectivity index (χ4v) is 2.04. The largest absolute Gasteiger partial charge is 0.507 e. The minimum Gasteiger partial charge on any atom is -0.507 e. The summed E-state index contributed by atoms with van der Waals surface area (Å²) >= 11 is 0. The van der Waals surface area contributed by atoms with Gasteiger partial charge in [0.05, 0.1) is 13.7 Å². The summed E-state index contributed by atoms with van der Waals surface area (Å²) in [7, 11) is 5.04. The average Bonchev–Trinajstić information content (AvgIpc) is 2.43. The number of nitrogens with zero attached hydrogens (tertiary/aromatic N) is 2. The van der Waals surface area contributed by atoms with Gasteiger partial charge < -0.3 is 14.7 Å². The van der Waals surface area contributed by atoms with Crippen LogP contribution in [-0.2, 0) is 4.79 Å². The van der Waals surface area contributed by atoms with Gasteiger partial charge in [-0.2, -0.15) is 0 Å². The molecule has 1 amide bonds. The van der Waals surface area contributed by atoms with Crippen molar-refractivity contribution in [3.63, 3.8) is 0 Å². The average molecular weight is 280 g/mol. The second kappa shape index (κ2) is 7.14. The third-order valence-electron chi connectivity index (χ3n) is 3.48. The Morgan fingerprint density at radius 2 is 2.05 bits per heavy atom. The van der Waals surface area contributed by atoms with Gasteiger partial charge in [0.15, 0.2) is 0 Å². The molecular weight excluding hydrogens is 256 g/mol. The SMILES string of the molecule is CCN(CC(=O)N(C)C)C(C)c1ccc(OC)cc1O. The summed E-state index contributed by atoms with van der Waals surface area (Å²) in [5.74, 6) is 0.852. The Balaban J connectivity index is 2.90. The van der Waals surface area contributed by atoms with Gasteiger partial charge in [-0.05, 0) is 19.5 Å². The predicted octanol–water partition coefficient (Wildman–Crippen LogP) is 1.87. The van der Waals surface area contributed by atoms with Gasteiger partial charge in [-0.25, -0.2) is 0 Å². The predicted molar refractivity (Wildman–Crippen MR) is 79.0 cm³/mol. The summed E-state index contributed by atoms with van der Waals surface area (Å²) in [5.41, 5.74) is 0.791. The van der Waals surface area contributed by atoms with Crippen LogP contribution in [0.25, 0.3) is 0 Å². The lowest BCUT2D eigenvalue weighted by Gasteiger charge is -2.29. The normalized spacial score (nSPS) is 12.3. The molecule has 1 rings (SSSR count). The van der Waals surface area contributed by atoms with Crippen molar-refractivity contribution >= 4 is 5.91 Å². The number of phenols is 1. The summed E-state index contributed by atoms with van der Waals surface area (Å²) in [6, 6.07) is 5.19. The molecule has 0 fully saturated rings. The molecule has 0 radical (unpaired) electrons. The second-order valence-corrected chi connectivity index (χ2v) is 4.95.